The van der Waals surface area contributed by atoms with Gasteiger partial charge in [0.15, 0.2) is 5.76 Å². The van der Waals surface area contributed by atoms with Crippen LogP contribution in [0, 0.1) is 0 Å². The average molecular weight is 341 g/mol. The summed E-state index contributed by atoms with van der Waals surface area (Å²) in [6.45, 7) is 0.615. The second-order valence-corrected chi connectivity index (χ2v) is 6.04. The van der Waals surface area contributed by atoms with Gasteiger partial charge in [0.05, 0.1) is 24.3 Å². The van der Waals surface area contributed by atoms with Gasteiger partial charge in [-0.25, -0.2) is 0 Å². The van der Waals surface area contributed by atoms with Crippen LogP contribution in [-0.4, -0.2) is 35.2 Å². The van der Waals surface area contributed by atoms with Gasteiger partial charge in [-0.15, -0.1) is 0 Å². The first-order valence-corrected chi connectivity index (χ1v) is 7.85. The van der Waals surface area contributed by atoms with Crippen molar-refractivity contribution in [2.75, 3.05) is 13.2 Å². The fourth-order valence-corrected chi connectivity index (χ4v) is 3.10. The summed E-state index contributed by atoms with van der Waals surface area (Å²) in [4.78, 5) is 14.1. The van der Waals surface area contributed by atoms with E-state index in [4.69, 9.17) is 4.74 Å². The van der Waals surface area contributed by atoms with Crippen LogP contribution in [0.25, 0.3) is 0 Å². The molecule has 2 atom stereocenters. The van der Waals surface area contributed by atoms with Gasteiger partial charge in [0.1, 0.15) is 0 Å². The molecule has 2 aliphatic rings. The number of carbonyl (C=O) groups excluding carboxylic acids is 1. The Bertz CT molecular complexity index is 639. The lowest BCUT2D eigenvalue weighted by Gasteiger charge is -2.27. The number of aliphatic hydroxyl groups is 1. The third-order valence-electron chi connectivity index (χ3n) is 4.31. The van der Waals surface area contributed by atoms with Crippen LogP contribution in [0.2, 0.25) is 0 Å². The molecule has 4 nitrogen and oxygen atoms in total. The lowest BCUT2D eigenvalue weighted by atomic mass is 10.0. The number of aliphatic hydroxyl groups excluding tert-OH is 1. The zero-order valence-corrected chi connectivity index (χ0v) is 12.9. The Balaban J connectivity index is 1.82. The van der Waals surface area contributed by atoms with Crippen molar-refractivity contribution in [3.8, 4) is 0 Å². The largest absolute Gasteiger partial charge is 0.488 e. The SMILES string of the molecule is O=C(C1=CCCCO1)N1CC(O)CC1c1ccc(C(F)(F)F)cc1. The molecule has 1 N–H and O–H groups in total. The Labute approximate surface area is 137 Å². The third-order valence-corrected chi connectivity index (χ3v) is 4.31. The highest BCUT2D eigenvalue weighted by Gasteiger charge is 2.38. The highest BCUT2D eigenvalue weighted by molar-refractivity contribution is 5.92. The van der Waals surface area contributed by atoms with Gasteiger partial charge in [-0.1, -0.05) is 12.1 Å². The van der Waals surface area contributed by atoms with E-state index >= 15 is 0 Å². The Morgan fingerprint density at radius 2 is 1.96 bits per heavy atom. The van der Waals surface area contributed by atoms with Gasteiger partial charge >= 0.3 is 6.18 Å². The number of allylic oxidation sites excluding steroid dienone is 1. The zero-order valence-electron chi connectivity index (χ0n) is 12.9. The van der Waals surface area contributed by atoms with Crippen LogP contribution < -0.4 is 0 Å². The first-order chi connectivity index (χ1) is 11.4. The number of alkyl halides is 3. The van der Waals surface area contributed by atoms with Crippen LogP contribution in [0.15, 0.2) is 36.1 Å². The number of β-amino-alcohol motifs (C(OH)–C–C–N with tert-alkyl or cyclic N) is 1. The first kappa shape index (κ1) is 16.8. The predicted octanol–water partition coefficient (Wildman–Crippen LogP) is 3.03. The summed E-state index contributed by atoms with van der Waals surface area (Å²) in [6, 6.07) is 4.27. The van der Waals surface area contributed by atoms with Gasteiger partial charge in [-0.3, -0.25) is 4.79 Å². The van der Waals surface area contributed by atoms with Crippen molar-refractivity contribution in [1.82, 2.24) is 4.90 Å². The Hall–Kier alpha value is -2.02. The van der Waals surface area contributed by atoms with Crippen LogP contribution >= 0.6 is 0 Å². The van der Waals surface area contributed by atoms with Crippen molar-refractivity contribution in [1.29, 1.82) is 0 Å². The van der Waals surface area contributed by atoms with Crippen LogP contribution in [-0.2, 0) is 15.7 Å². The molecule has 0 aliphatic carbocycles. The van der Waals surface area contributed by atoms with Crippen molar-refractivity contribution in [3.05, 3.63) is 47.2 Å². The summed E-state index contributed by atoms with van der Waals surface area (Å²) in [5.41, 5.74) is -0.162. The Morgan fingerprint density at radius 1 is 1.25 bits per heavy atom. The maximum Gasteiger partial charge on any atom is 0.416 e. The van der Waals surface area contributed by atoms with Crippen LogP contribution in [0.5, 0.6) is 0 Å². The molecule has 7 heteroatoms. The lowest BCUT2D eigenvalue weighted by molar-refractivity contribution is -0.137. The minimum atomic E-state index is -4.40. The molecule has 2 unspecified atom stereocenters. The monoisotopic (exact) mass is 341 g/mol. The van der Waals surface area contributed by atoms with E-state index in [9.17, 15) is 23.1 Å². The summed E-state index contributed by atoms with van der Waals surface area (Å²) in [7, 11) is 0. The fraction of sp³-hybridized carbons (Fsp3) is 0.471. The molecule has 1 saturated heterocycles. The highest BCUT2D eigenvalue weighted by atomic mass is 19.4. The number of hydrogen-bond acceptors (Lipinski definition) is 3. The summed E-state index contributed by atoms with van der Waals surface area (Å²) in [5.74, 6) is -0.0663. The Morgan fingerprint density at radius 3 is 2.54 bits per heavy atom. The number of ether oxygens (including phenoxy) is 1. The number of benzene rings is 1. The molecule has 0 spiro atoms. The van der Waals surface area contributed by atoms with E-state index in [2.05, 4.69) is 0 Å². The molecule has 130 valence electrons. The van der Waals surface area contributed by atoms with Gasteiger partial charge < -0.3 is 14.7 Å². The third kappa shape index (κ3) is 3.40. The number of hydrogen-bond donors (Lipinski definition) is 1. The number of amides is 1. The minimum absolute atomic E-state index is 0.144. The van der Waals surface area contributed by atoms with Crippen molar-refractivity contribution >= 4 is 5.91 Å². The van der Waals surface area contributed by atoms with Gasteiger partial charge in [-0.2, -0.15) is 13.2 Å². The van der Waals surface area contributed by atoms with Crippen molar-refractivity contribution < 1.29 is 27.8 Å². The van der Waals surface area contributed by atoms with Gasteiger partial charge in [0.25, 0.3) is 5.91 Å². The maximum atomic E-state index is 12.7. The molecular weight excluding hydrogens is 323 g/mol. The number of likely N-dealkylation sites (tertiary alicyclic amines) is 1. The molecule has 1 fully saturated rings. The number of rotatable bonds is 2. The zero-order chi connectivity index (χ0) is 17.3. The van der Waals surface area contributed by atoms with E-state index < -0.39 is 23.9 Å². The van der Waals surface area contributed by atoms with E-state index in [1.165, 1.54) is 17.0 Å². The molecule has 0 radical (unpaired) electrons. The molecule has 2 heterocycles. The molecule has 1 aromatic carbocycles. The molecule has 0 saturated carbocycles. The van der Waals surface area contributed by atoms with Crippen LogP contribution in [0.3, 0.4) is 0 Å². The molecule has 0 aromatic heterocycles. The maximum absolute atomic E-state index is 12.7. The normalized spacial score (nSPS) is 24.5. The molecule has 2 aliphatic heterocycles. The summed E-state index contributed by atoms with van der Waals surface area (Å²) < 4.78 is 43.4. The fourth-order valence-electron chi connectivity index (χ4n) is 3.10. The van der Waals surface area contributed by atoms with Crippen molar-refractivity contribution in [3.63, 3.8) is 0 Å². The van der Waals surface area contributed by atoms with Gasteiger partial charge in [-0.05, 0) is 43.0 Å². The van der Waals surface area contributed by atoms with E-state index in [1.54, 1.807) is 6.08 Å². The highest BCUT2D eigenvalue weighted by Crippen LogP contribution is 2.36. The van der Waals surface area contributed by atoms with E-state index in [0.717, 1.165) is 25.0 Å². The predicted molar refractivity (Wildman–Crippen MR) is 79.8 cm³/mol. The summed E-state index contributed by atoms with van der Waals surface area (Å²) >= 11 is 0. The van der Waals surface area contributed by atoms with Crippen LogP contribution in [0.1, 0.15) is 36.4 Å². The number of carbonyl (C=O) groups is 1. The molecule has 0 bridgehead atoms. The summed E-state index contributed by atoms with van der Waals surface area (Å²) in [6.07, 6.45) is -1.48. The molecule has 1 amide bonds. The summed E-state index contributed by atoms with van der Waals surface area (Å²) in [5, 5.41) is 9.93. The van der Waals surface area contributed by atoms with Gasteiger partial charge in [0, 0.05) is 6.54 Å². The second kappa shape index (κ2) is 6.47. The quantitative estimate of drug-likeness (QED) is 0.900. The number of nitrogens with zero attached hydrogens (tertiary/aromatic N) is 1. The molecular formula is C17H18F3NO3. The first-order valence-electron chi connectivity index (χ1n) is 7.85. The molecule has 24 heavy (non-hydrogen) atoms. The number of halogens is 3. The van der Waals surface area contributed by atoms with Crippen molar-refractivity contribution in [2.24, 2.45) is 0 Å². The van der Waals surface area contributed by atoms with Crippen molar-refractivity contribution in [2.45, 2.75) is 37.6 Å². The van der Waals surface area contributed by atoms with Crippen LogP contribution in [0.4, 0.5) is 13.2 Å². The smallest absolute Gasteiger partial charge is 0.416 e. The topological polar surface area (TPSA) is 49.8 Å². The van der Waals surface area contributed by atoms with E-state index in [1.807, 2.05) is 0 Å². The second-order valence-electron chi connectivity index (χ2n) is 6.04. The van der Waals surface area contributed by atoms with Gasteiger partial charge in [0.2, 0.25) is 0 Å². The molecule has 3 rings (SSSR count). The average Bonchev–Trinajstić information content (AvgIpc) is 2.96. The standard InChI is InChI=1S/C17H18F3NO3/c18-17(19,20)12-6-4-11(5-7-12)14-9-13(22)10-21(14)16(23)15-3-1-2-8-24-15/h3-7,13-14,22H,1-2,8-10H2. The lowest BCUT2D eigenvalue weighted by Crippen LogP contribution is -2.34. The molecule has 1 aromatic rings. The van der Waals surface area contributed by atoms with E-state index in [0.29, 0.717) is 18.6 Å². The Kier molecular flexibility index (Phi) is 4.54. The minimum Gasteiger partial charge on any atom is -0.488 e. The van der Waals surface area contributed by atoms with E-state index in [-0.39, 0.29) is 18.2 Å².